The number of benzene rings is 2. The molecule has 2 aliphatic rings. The fourth-order valence-electron chi connectivity index (χ4n) is 4.27. The van der Waals surface area contributed by atoms with Crippen molar-refractivity contribution in [1.29, 1.82) is 0 Å². The number of hydrogen-bond donors (Lipinski definition) is 4. The van der Waals surface area contributed by atoms with Crippen LogP contribution >= 0.6 is 15.6 Å². The number of nitrogens with two attached hydrogens (primary N) is 2. The van der Waals surface area contributed by atoms with E-state index in [9.17, 15) is 18.9 Å². The lowest BCUT2D eigenvalue weighted by Gasteiger charge is -2.29. The first-order chi connectivity index (χ1) is 17.3. The lowest BCUT2D eigenvalue weighted by molar-refractivity contribution is -0.655. The van der Waals surface area contributed by atoms with E-state index in [1.165, 1.54) is 86.0 Å². The van der Waals surface area contributed by atoms with Crippen LogP contribution in [0.25, 0.3) is 0 Å². The minimum Gasteiger partial charge on any atom is -0.756 e. The van der Waals surface area contributed by atoms with Gasteiger partial charge in [0.15, 0.2) is 0 Å². The number of quaternary nitrogens is 2. The standard InChI is InChI=1S/2C12H18N2.H4O7P2/c2*1-10-4-3-5-12(11(10)2)14-8-6-13-7-9-14;1-8(2,3)7-9(4,5)6/h2*3-5,13H,6-9H2,1-2H3;(H2,1,2,3)(H2,4,5,6). The zero-order valence-electron chi connectivity index (χ0n) is 22.0. The van der Waals surface area contributed by atoms with Gasteiger partial charge in [0.2, 0.25) is 0 Å². The Labute approximate surface area is 219 Å². The van der Waals surface area contributed by atoms with Gasteiger partial charge in [0.25, 0.3) is 15.6 Å². The number of nitrogens with zero attached hydrogens (tertiary/aromatic N) is 2. The summed E-state index contributed by atoms with van der Waals surface area (Å²) in [6.07, 6.45) is 0. The summed E-state index contributed by atoms with van der Waals surface area (Å²) in [6.45, 7) is 18.5. The first kappa shape index (κ1) is 31.4. The Morgan fingerprint density at radius 1 is 0.703 bits per heavy atom. The van der Waals surface area contributed by atoms with Gasteiger partial charge in [-0.2, -0.15) is 0 Å². The molecule has 2 atom stereocenters. The molecule has 11 nitrogen and oxygen atoms in total. The number of hydrogen-bond acceptors (Lipinski definition) is 7. The highest BCUT2D eigenvalue weighted by molar-refractivity contribution is 7.58. The summed E-state index contributed by atoms with van der Waals surface area (Å²) in [5.74, 6) is 0. The lowest BCUT2D eigenvalue weighted by atomic mass is 10.1. The summed E-state index contributed by atoms with van der Waals surface area (Å²) in [7, 11) is -10.7. The van der Waals surface area contributed by atoms with Crippen LogP contribution in [0.15, 0.2) is 36.4 Å². The van der Waals surface area contributed by atoms with Crippen molar-refractivity contribution in [3.8, 4) is 0 Å². The molecule has 2 heterocycles. The monoisotopic (exact) mass is 558 g/mol. The average Bonchev–Trinajstić information content (AvgIpc) is 2.82. The molecule has 0 bridgehead atoms. The average molecular weight is 559 g/mol. The molecular formula is C24H40N4O7P2. The van der Waals surface area contributed by atoms with Gasteiger partial charge in [0, 0.05) is 11.4 Å². The van der Waals surface area contributed by atoms with E-state index in [0.717, 1.165) is 0 Å². The van der Waals surface area contributed by atoms with Gasteiger partial charge in [-0.15, -0.1) is 0 Å². The summed E-state index contributed by atoms with van der Waals surface area (Å²) >= 11 is 0. The van der Waals surface area contributed by atoms with Gasteiger partial charge in [-0.1, -0.05) is 24.3 Å². The highest BCUT2D eigenvalue weighted by Crippen LogP contribution is 2.48. The normalized spacial score (nSPS) is 18.9. The first-order valence-corrected chi connectivity index (χ1v) is 15.3. The number of phosphoric acid groups is 2. The summed E-state index contributed by atoms with van der Waals surface area (Å²) in [5.41, 5.74) is 8.54. The smallest absolute Gasteiger partial charge is 0.271 e. The molecule has 0 radical (unpaired) electrons. The Hall–Kier alpha value is -1.78. The van der Waals surface area contributed by atoms with Crippen molar-refractivity contribution in [2.45, 2.75) is 27.7 Å². The molecule has 2 fully saturated rings. The lowest BCUT2D eigenvalue weighted by Crippen LogP contribution is -2.89. The quantitative estimate of drug-likeness (QED) is 0.355. The molecule has 2 aromatic rings. The molecule has 2 aromatic carbocycles. The van der Waals surface area contributed by atoms with E-state index in [0.29, 0.717) is 0 Å². The van der Waals surface area contributed by atoms with Crippen LogP contribution in [-0.2, 0) is 13.4 Å². The summed E-state index contributed by atoms with van der Waals surface area (Å²) < 4.78 is 21.7. The minimum atomic E-state index is -5.36. The molecule has 0 aliphatic carbocycles. The third-order valence-corrected chi connectivity index (χ3v) is 8.10. The Morgan fingerprint density at radius 2 is 1.03 bits per heavy atom. The highest BCUT2D eigenvalue weighted by atomic mass is 31.3. The van der Waals surface area contributed by atoms with E-state index in [-0.39, 0.29) is 0 Å². The van der Waals surface area contributed by atoms with Crippen molar-refractivity contribution in [3.05, 3.63) is 58.7 Å². The number of aryl methyl sites for hydroxylation is 2. The maximum absolute atomic E-state index is 9.48. The van der Waals surface area contributed by atoms with Crippen LogP contribution in [0.1, 0.15) is 22.3 Å². The van der Waals surface area contributed by atoms with E-state index in [1.54, 1.807) is 0 Å². The molecule has 0 saturated carbocycles. The van der Waals surface area contributed by atoms with Crippen LogP contribution in [0.4, 0.5) is 11.4 Å². The van der Waals surface area contributed by atoms with Gasteiger partial charge in [-0.3, -0.25) is 9.13 Å². The Kier molecular flexibility index (Phi) is 12.2. The van der Waals surface area contributed by atoms with Gasteiger partial charge < -0.3 is 40.0 Å². The molecule has 2 saturated heterocycles. The van der Waals surface area contributed by atoms with Gasteiger partial charge in [0.05, 0.1) is 52.4 Å². The SMILES string of the molecule is Cc1cccc(N2CC[NH2+]CC2)c1C.Cc1cccc(N2CC[NH2+]CC2)c1C.O=P([O-])(O)OP(=O)([O-])O. The van der Waals surface area contributed by atoms with Crippen molar-refractivity contribution in [2.24, 2.45) is 0 Å². The topological polar surface area (TPSA) is 170 Å². The second-order valence-electron chi connectivity index (χ2n) is 9.16. The fraction of sp³-hybridized carbons (Fsp3) is 0.500. The maximum atomic E-state index is 9.48. The van der Waals surface area contributed by atoms with Crippen molar-refractivity contribution in [2.75, 3.05) is 62.2 Å². The molecule has 2 aliphatic heterocycles. The van der Waals surface area contributed by atoms with E-state index in [4.69, 9.17) is 9.79 Å². The molecule has 13 heteroatoms. The van der Waals surface area contributed by atoms with E-state index < -0.39 is 15.6 Å². The van der Waals surface area contributed by atoms with Gasteiger partial charge in [0.1, 0.15) is 0 Å². The summed E-state index contributed by atoms with van der Waals surface area (Å²) in [5, 5.41) is 4.78. The third-order valence-electron chi connectivity index (χ3n) is 6.45. The molecule has 0 aromatic heterocycles. The predicted molar refractivity (Wildman–Crippen MR) is 140 cm³/mol. The summed E-state index contributed by atoms with van der Waals surface area (Å²) in [4.78, 5) is 39.2. The molecule has 6 N–H and O–H groups in total. The number of anilines is 2. The maximum Gasteiger partial charge on any atom is 0.271 e. The van der Waals surface area contributed by atoms with Crippen LogP contribution in [0.5, 0.6) is 0 Å². The first-order valence-electron chi connectivity index (χ1n) is 12.3. The van der Waals surface area contributed by atoms with E-state index >= 15 is 0 Å². The van der Waals surface area contributed by atoms with Crippen LogP contribution in [0.2, 0.25) is 0 Å². The predicted octanol–water partition coefficient (Wildman–Crippen LogP) is -0.702. The largest absolute Gasteiger partial charge is 0.756 e. The van der Waals surface area contributed by atoms with Gasteiger partial charge >= 0.3 is 0 Å². The highest BCUT2D eigenvalue weighted by Gasteiger charge is 2.16. The number of rotatable bonds is 4. The third kappa shape index (κ3) is 11.2. The van der Waals surface area contributed by atoms with Crippen LogP contribution in [-0.4, -0.2) is 62.1 Å². The second kappa shape index (κ2) is 14.4. The molecule has 208 valence electrons. The van der Waals surface area contributed by atoms with E-state index in [1.807, 2.05) is 0 Å². The van der Waals surface area contributed by atoms with Crippen LogP contribution < -0.4 is 30.2 Å². The minimum absolute atomic E-state index is 1.18. The zero-order valence-corrected chi connectivity index (χ0v) is 23.8. The van der Waals surface area contributed by atoms with Crippen LogP contribution in [0.3, 0.4) is 0 Å². The van der Waals surface area contributed by atoms with Crippen molar-refractivity contribution < 1.29 is 43.6 Å². The molecular weight excluding hydrogens is 518 g/mol. The second-order valence-corrected chi connectivity index (χ2v) is 11.7. The fourth-order valence-corrected chi connectivity index (χ4v) is 5.31. The summed E-state index contributed by atoms with van der Waals surface area (Å²) in [6, 6.07) is 13.2. The Bertz CT molecular complexity index is 1010. The molecule has 4 rings (SSSR count). The van der Waals surface area contributed by atoms with Crippen molar-refractivity contribution in [3.63, 3.8) is 0 Å². The molecule has 37 heavy (non-hydrogen) atoms. The van der Waals surface area contributed by atoms with Gasteiger partial charge in [-0.25, -0.2) is 4.31 Å². The Morgan fingerprint density at radius 3 is 1.30 bits per heavy atom. The van der Waals surface area contributed by atoms with E-state index in [2.05, 4.69) is 88.8 Å². The molecule has 0 spiro atoms. The Balaban J connectivity index is 0.000000201. The molecule has 2 unspecified atom stereocenters. The van der Waals surface area contributed by atoms with Gasteiger partial charge in [-0.05, 0) is 62.1 Å². The molecule has 0 amide bonds. The number of piperazine rings is 2. The van der Waals surface area contributed by atoms with Crippen molar-refractivity contribution >= 4 is 27.0 Å². The zero-order chi connectivity index (χ0) is 27.6. The van der Waals surface area contributed by atoms with Crippen LogP contribution in [0, 0.1) is 27.7 Å². The van der Waals surface area contributed by atoms with Crippen molar-refractivity contribution in [1.82, 2.24) is 0 Å².